The van der Waals surface area contributed by atoms with Crippen LogP contribution in [0.4, 0.5) is 0 Å². The summed E-state index contributed by atoms with van der Waals surface area (Å²) in [4.78, 5) is 15.0. The summed E-state index contributed by atoms with van der Waals surface area (Å²) in [5.74, 6) is -0.0546. The van der Waals surface area contributed by atoms with Gasteiger partial charge in [-0.15, -0.1) is 0 Å². The molecule has 4 rings (SSSR count). The number of aromatic nitrogens is 1. The van der Waals surface area contributed by atoms with Crippen molar-refractivity contribution in [2.75, 3.05) is 26.3 Å². The monoisotopic (exact) mass is 417 g/mol. The molecule has 0 saturated carbocycles. The number of hydrogen-bond acceptors (Lipinski definition) is 3. The van der Waals surface area contributed by atoms with Crippen LogP contribution in [0.1, 0.15) is 38.4 Å². The normalized spacial score (nSPS) is 14.5. The Kier molecular flexibility index (Phi) is 6.54. The molecule has 1 N–H and O–H groups in total. The lowest BCUT2D eigenvalue weighted by atomic mass is 10.1. The molecule has 5 heteroatoms. The molecule has 2 aromatic carbocycles. The van der Waals surface area contributed by atoms with Gasteiger partial charge in [-0.25, -0.2) is 0 Å². The second-order valence-corrected chi connectivity index (χ2v) is 8.34. The summed E-state index contributed by atoms with van der Waals surface area (Å²) in [6.45, 7) is 11.4. The van der Waals surface area contributed by atoms with E-state index in [1.807, 2.05) is 36.4 Å². The van der Waals surface area contributed by atoms with Gasteiger partial charge in [0.2, 0.25) is 0 Å². The number of aryl methyl sites for hydroxylation is 2. The Morgan fingerprint density at radius 2 is 1.65 bits per heavy atom. The third kappa shape index (κ3) is 5.06. The van der Waals surface area contributed by atoms with Crippen molar-refractivity contribution in [2.24, 2.45) is 0 Å². The van der Waals surface area contributed by atoms with E-state index >= 15 is 0 Å². The number of benzene rings is 2. The Balaban J connectivity index is 1.43. The van der Waals surface area contributed by atoms with Crippen LogP contribution in [-0.2, 0) is 17.8 Å². The van der Waals surface area contributed by atoms with Gasteiger partial charge in [0.15, 0.2) is 0 Å². The number of nitrogens with zero attached hydrogens (tertiary/aromatic N) is 2. The molecule has 0 atom stereocenters. The largest absolute Gasteiger partial charge is 0.379 e. The van der Waals surface area contributed by atoms with Gasteiger partial charge in [0, 0.05) is 48.8 Å². The van der Waals surface area contributed by atoms with Gasteiger partial charge in [-0.05, 0) is 62.2 Å². The quantitative estimate of drug-likeness (QED) is 0.655. The highest BCUT2D eigenvalue weighted by molar-refractivity contribution is 5.94. The molecule has 3 aromatic rings. The predicted octanol–water partition coefficient (Wildman–Crippen LogP) is 4.16. The maximum atomic E-state index is 12.6. The summed E-state index contributed by atoms with van der Waals surface area (Å²) < 4.78 is 7.73. The third-order valence-electron chi connectivity index (χ3n) is 5.99. The van der Waals surface area contributed by atoms with E-state index < -0.39 is 0 Å². The first-order valence-electron chi connectivity index (χ1n) is 10.9. The summed E-state index contributed by atoms with van der Waals surface area (Å²) in [6, 6.07) is 18.3. The topological polar surface area (TPSA) is 46.5 Å². The first kappa shape index (κ1) is 21.3. The van der Waals surface area contributed by atoms with E-state index in [9.17, 15) is 4.79 Å². The van der Waals surface area contributed by atoms with E-state index in [-0.39, 0.29) is 5.91 Å². The lowest BCUT2D eigenvalue weighted by Gasteiger charge is -2.26. The molecule has 162 valence electrons. The van der Waals surface area contributed by atoms with Crippen LogP contribution < -0.4 is 5.32 Å². The number of carbonyl (C=O) groups excluding carboxylic acids is 1. The first-order valence-corrected chi connectivity index (χ1v) is 10.9. The average molecular weight is 418 g/mol. The van der Waals surface area contributed by atoms with E-state index in [2.05, 4.69) is 53.8 Å². The molecule has 0 radical (unpaired) electrons. The minimum Gasteiger partial charge on any atom is -0.379 e. The number of morpholine rings is 1. The molecule has 5 nitrogen and oxygen atoms in total. The van der Waals surface area contributed by atoms with Crippen LogP contribution in [-0.4, -0.2) is 41.7 Å². The molecule has 1 aromatic heterocycles. The number of hydrogen-bond donors (Lipinski definition) is 1. The fourth-order valence-electron chi connectivity index (χ4n) is 4.14. The Morgan fingerprint density at radius 3 is 2.32 bits per heavy atom. The van der Waals surface area contributed by atoms with Crippen molar-refractivity contribution in [1.82, 2.24) is 14.8 Å². The highest BCUT2D eigenvalue weighted by atomic mass is 16.5. The van der Waals surface area contributed by atoms with Gasteiger partial charge < -0.3 is 14.6 Å². The van der Waals surface area contributed by atoms with Crippen LogP contribution in [0, 0.1) is 20.8 Å². The number of nitrogens with one attached hydrogen (secondary N) is 1. The zero-order valence-electron chi connectivity index (χ0n) is 18.6. The number of ether oxygens (including phenoxy) is 1. The summed E-state index contributed by atoms with van der Waals surface area (Å²) >= 11 is 0. The number of amides is 1. The van der Waals surface area contributed by atoms with Gasteiger partial charge in [0.1, 0.15) is 0 Å². The maximum absolute atomic E-state index is 12.6. The van der Waals surface area contributed by atoms with Crippen molar-refractivity contribution >= 4 is 5.91 Å². The highest BCUT2D eigenvalue weighted by Gasteiger charge is 2.16. The number of carbonyl (C=O) groups is 1. The van der Waals surface area contributed by atoms with Crippen LogP contribution in [0.15, 0.2) is 54.6 Å². The molecule has 0 bridgehead atoms. The minimum atomic E-state index is -0.0546. The summed E-state index contributed by atoms with van der Waals surface area (Å²) in [5.41, 5.74) is 7.87. The average Bonchev–Trinajstić information content (AvgIpc) is 3.06. The SMILES string of the molecule is Cc1ccc(CNC(=O)c2ccc(-n3c(C)cc(CN4CCOCC4)c3C)cc2)cc1. The smallest absolute Gasteiger partial charge is 0.251 e. The molecule has 1 fully saturated rings. The van der Waals surface area contributed by atoms with Crippen LogP contribution in [0.2, 0.25) is 0 Å². The van der Waals surface area contributed by atoms with E-state index in [0.717, 1.165) is 44.1 Å². The van der Waals surface area contributed by atoms with Gasteiger partial charge in [-0.2, -0.15) is 0 Å². The zero-order valence-corrected chi connectivity index (χ0v) is 18.6. The molecule has 2 heterocycles. The molecule has 31 heavy (non-hydrogen) atoms. The summed E-state index contributed by atoms with van der Waals surface area (Å²) in [7, 11) is 0. The van der Waals surface area contributed by atoms with Gasteiger partial charge in [-0.3, -0.25) is 9.69 Å². The van der Waals surface area contributed by atoms with Gasteiger partial charge >= 0.3 is 0 Å². The fraction of sp³-hybridized carbons (Fsp3) is 0.346. The molecule has 0 aliphatic carbocycles. The summed E-state index contributed by atoms with van der Waals surface area (Å²) in [5, 5.41) is 3.00. The van der Waals surface area contributed by atoms with Crippen molar-refractivity contribution in [3.63, 3.8) is 0 Å². The van der Waals surface area contributed by atoms with Gasteiger partial charge in [0.25, 0.3) is 5.91 Å². The molecule has 1 aliphatic heterocycles. The maximum Gasteiger partial charge on any atom is 0.251 e. The fourth-order valence-corrected chi connectivity index (χ4v) is 4.14. The van der Waals surface area contributed by atoms with E-state index in [1.54, 1.807) is 0 Å². The predicted molar refractivity (Wildman–Crippen MR) is 124 cm³/mol. The second-order valence-electron chi connectivity index (χ2n) is 8.34. The highest BCUT2D eigenvalue weighted by Crippen LogP contribution is 2.23. The zero-order chi connectivity index (χ0) is 21.8. The van der Waals surface area contributed by atoms with Gasteiger partial charge in [-0.1, -0.05) is 29.8 Å². The molecule has 0 spiro atoms. The molecule has 0 unspecified atom stereocenters. The van der Waals surface area contributed by atoms with Crippen molar-refractivity contribution in [3.05, 3.63) is 88.2 Å². The minimum absolute atomic E-state index is 0.0546. The van der Waals surface area contributed by atoms with Crippen LogP contribution in [0.25, 0.3) is 5.69 Å². The van der Waals surface area contributed by atoms with Crippen LogP contribution >= 0.6 is 0 Å². The van der Waals surface area contributed by atoms with Crippen LogP contribution in [0.5, 0.6) is 0 Å². The molecular formula is C26H31N3O2. The Bertz CT molecular complexity index is 1030. The van der Waals surface area contributed by atoms with E-state index in [0.29, 0.717) is 12.1 Å². The Hall–Kier alpha value is -2.89. The van der Waals surface area contributed by atoms with Crippen molar-refractivity contribution in [1.29, 1.82) is 0 Å². The Morgan fingerprint density at radius 1 is 0.968 bits per heavy atom. The molecule has 1 aliphatic rings. The number of rotatable bonds is 6. The molecule has 1 amide bonds. The van der Waals surface area contributed by atoms with Crippen molar-refractivity contribution in [3.8, 4) is 5.69 Å². The lowest BCUT2D eigenvalue weighted by Crippen LogP contribution is -2.35. The van der Waals surface area contributed by atoms with Crippen molar-refractivity contribution < 1.29 is 9.53 Å². The Labute approximate surface area is 184 Å². The van der Waals surface area contributed by atoms with Crippen molar-refractivity contribution in [2.45, 2.75) is 33.9 Å². The van der Waals surface area contributed by atoms with Gasteiger partial charge in [0.05, 0.1) is 13.2 Å². The van der Waals surface area contributed by atoms with E-state index in [4.69, 9.17) is 4.74 Å². The second kappa shape index (κ2) is 9.50. The summed E-state index contributed by atoms with van der Waals surface area (Å²) in [6.07, 6.45) is 0. The molecule has 1 saturated heterocycles. The standard InChI is InChI=1S/C26H31N3O2/c1-19-4-6-22(7-5-19)17-27-26(30)23-8-10-25(11-9-23)29-20(2)16-24(21(29)3)18-28-12-14-31-15-13-28/h4-11,16H,12-15,17-18H2,1-3H3,(H,27,30). The lowest BCUT2D eigenvalue weighted by molar-refractivity contribution is 0.0341. The molecular weight excluding hydrogens is 386 g/mol. The third-order valence-corrected chi connectivity index (χ3v) is 5.99. The first-order chi connectivity index (χ1) is 15.0. The van der Waals surface area contributed by atoms with Crippen LogP contribution in [0.3, 0.4) is 0 Å². The van der Waals surface area contributed by atoms with E-state index in [1.165, 1.54) is 22.5 Å².